The molecule has 1 fully saturated rings. The summed E-state index contributed by atoms with van der Waals surface area (Å²) < 4.78 is 60.3. The Balaban J connectivity index is 1.71. The van der Waals surface area contributed by atoms with Crippen LogP contribution in [0.3, 0.4) is 0 Å². The fraction of sp³-hybridized carbons (Fsp3) is 0.440. The summed E-state index contributed by atoms with van der Waals surface area (Å²) in [5.74, 6) is -0.0242. The Bertz CT molecular complexity index is 1480. The highest BCUT2D eigenvalue weighted by molar-refractivity contribution is 7.70. The number of H-pyrrole nitrogens is 1. The van der Waals surface area contributed by atoms with Crippen LogP contribution in [0.4, 0.5) is 23.9 Å². The van der Waals surface area contributed by atoms with Crippen molar-refractivity contribution in [3.05, 3.63) is 35.7 Å². The molecule has 0 saturated carbocycles. The topological polar surface area (TPSA) is 124 Å². The van der Waals surface area contributed by atoms with E-state index in [0.717, 1.165) is 6.20 Å². The van der Waals surface area contributed by atoms with Gasteiger partial charge in [0.25, 0.3) is 0 Å². The summed E-state index contributed by atoms with van der Waals surface area (Å²) in [4.78, 5) is 24.9. The quantitative estimate of drug-likeness (QED) is 0.431. The van der Waals surface area contributed by atoms with Gasteiger partial charge < -0.3 is 24.5 Å². The van der Waals surface area contributed by atoms with Gasteiger partial charge in [-0.15, -0.1) is 0 Å². The van der Waals surface area contributed by atoms with Gasteiger partial charge in [0, 0.05) is 42.5 Å². The highest BCUT2D eigenvalue weighted by Gasteiger charge is 2.37. The van der Waals surface area contributed by atoms with E-state index in [1.807, 2.05) is 6.07 Å². The number of carbonyl (C=O) groups excluding carboxylic acids is 1. The van der Waals surface area contributed by atoms with E-state index in [2.05, 4.69) is 20.3 Å². The Labute approximate surface area is 217 Å². The van der Waals surface area contributed by atoms with Crippen molar-refractivity contribution in [3.8, 4) is 17.3 Å². The first-order valence-corrected chi connectivity index (χ1v) is 14.5. The number of nitrogens with one attached hydrogen (secondary N) is 2. The fourth-order valence-corrected chi connectivity index (χ4v) is 5.87. The largest absolute Gasteiger partial charge is 0.444 e. The summed E-state index contributed by atoms with van der Waals surface area (Å²) >= 11 is 0. The fourth-order valence-electron chi connectivity index (χ4n) is 4.45. The molecule has 3 aromatic rings. The van der Waals surface area contributed by atoms with Gasteiger partial charge in [-0.05, 0) is 46.6 Å². The maximum absolute atomic E-state index is 14.0. The molecule has 1 aliphatic heterocycles. The summed E-state index contributed by atoms with van der Waals surface area (Å²) in [6.07, 6.45) is -2.58. The number of amides is 1. The number of fused-ring (bicyclic) bond motifs is 1. The number of ether oxygens (including phenoxy) is 1. The molecule has 9 nitrogen and oxygen atoms in total. The number of aromatic nitrogens is 3. The molecule has 0 aliphatic carbocycles. The molecule has 1 aliphatic rings. The lowest BCUT2D eigenvalue weighted by molar-refractivity contribution is -0.137. The second kappa shape index (κ2) is 9.62. The first-order chi connectivity index (χ1) is 17.6. The number of hydrogen-bond donors (Lipinski definition) is 2. The Morgan fingerprint density at radius 1 is 1.29 bits per heavy atom. The van der Waals surface area contributed by atoms with Crippen LogP contribution >= 0.6 is 7.14 Å². The molecule has 202 valence electrons. The number of anilines is 1. The van der Waals surface area contributed by atoms with Crippen molar-refractivity contribution in [3.63, 3.8) is 0 Å². The lowest BCUT2D eigenvalue weighted by atomic mass is 10.0. The lowest BCUT2D eigenvalue weighted by Crippen LogP contribution is -2.36. The van der Waals surface area contributed by atoms with Gasteiger partial charge in [0.1, 0.15) is 18.3 Å². The first-order valence-electron chi connectivity index (χ1n) is 11.9. The van der Waals surface area contributed by atoms with Gasteiger partial charge in [-0.2, -0.15) is 18.4 Å². The normalized spacial score (nSPS) is 16.5. The van der Waals surface area contributed by atoms with Crippen molar-refractivity contribution in [2.24, 2.45) is 0 Å². The van der Waals surface area contributed by atoms with E-state index in [-0.39, 0.29) is 40.7 Å². The van der Waals surface area contributed by atoms with Gasteiger partial charge in [-0.1, -0.05) is 6.07 Å². The molecule has 1 amide bonds. The zero-order valence-electron chi connectivity index (χ0n) is 21.6. The predicted octanol–water partition coefficient (Wildman–Crippen LogP) is 5.18. The molecule has 0 radical (unpaired) electrons. The molecule has 2 aromatic heterocycles. The van der Waals surface area contributed by atoms with Gasteiger partial charge in [0.15, 0.2) is 0 Å². The standard InChI is InChI=1S/C25H28F3N6O3P/c1-24(2,3)37-23(35)34-9-8-15(13-34)32-22-31-12-18(25(26,27)28)19(33-22)17-11-30-20-16(17)7-6-14(10-29)21(20)38(4,5)36/h6-7,11-12,15,30H,8-9,13H2,1-5H3,(H,31,32,33)/t15-/m0/s1. The van der Waals surface area contributed by atoms with E-state index in [4.69, 9.17) is 4.74 Å². The van der Waals surface area contributed by atoms with E-state index in [0.29, 0.717) is 23.9 Å². The van der Waals surface area contributed by atoms with Crippen LogP contribution in [0.25, 0.3) is 22.2 Å². The molecule has 1 aromatic carbocycles. The highest BCUT2D eigenvalue weighted by atomic mass is 31.2. The van der Waals surface area contributed by atoms with Crippen LogP contribution in [0, 0.1) is 11.3 Å². The molecular formula is C25H28F3N6O3P. The highest BCUT2D eigenvalue weighted by Crippen LogP contribution is 2.43. The number of alkyl halides is 3. The van der Waals surface area contributed by atoms with Crippen LogP contribution in [-0.4, -0.2) is 64.0 Å². The summed E-state index contributed by atoms with van der Waals surface area (Å²) in [5.41, 5.74) is -1.38. The molecule has 0 bridgehead atoms. The molecular weight excluding hydrogens is 520 g/mol. The number of rotatable bonds is 4. The van der Waals surface area contributed by atoms with Gasteiger partial charge in [0.2, 0.25) is 5.95 Å². The van der Waals surface area contributed by atoms with Crippen molar-refractivity contribution >= 4 is 35.4 Å². The Morgan fingerprint density at radius 2 is 2.00 bits per heavy atom. The number of nitriles is 1. The van der Waals surface area contributed by atoms with Gasteiger partial charge in [-0.3, -0.25) is 0 Å². The molecule has 1 saturated heterocycles. The monoisotopic (exact) mass is 548 g/mol. The lowest BCUT2D eigenvalue weighted by Gasteiger charge is -2.24. The molecule has 2 N–H and O–H groups in total. The Hall–Kier alpha value is -3.58. The Kier molecular flexibility index (Phi) is 6.95. The van der Waals surface area contributed by atoms with E-state index >= 15 is 0 Å². The number of carbonyl (C=O) groups is 1. The first kappa shape index (κ1) is 27.5. The molecule has 1 atom stereocenters. The average molecular weight is 549 g/mol. The average Bonchev–Trinajstić information content (AvgIpc) is 3.42. The second-order valence-corrected chi connectivity index (χ2v) is 13.7. The number of benzene rings is 1. The van der Waals surface area contributed by atoms with E-state index < -0.39 is 30.6 Å². The maximum atomic E-state index is 14.0. The van der Waals surface area contributed by atoms with Crippen molar-refractivity contribution in [2.45, 2.75) is 45.0 Å². The van der Waals surface area contributed by atoms with Crippen LogP contribution in [-0.2, 0) is 15.5 Å². The van der Waals surface area contributed by atoms with Crippen molar-refractivity contribution in [1.82, 2.24) is 19.9 Å². The van der Waals surface area contributed by atoms with Crippen LogP contribution < -0.4 is 10.6 Å². The number of nitrogens with zero attached hydrogens (tertiary/aromatic N) is 4. The van der Waals surface area contributed by atoms with Crippen molar-refractivity contribution in [1.29, 1.82) is 5.26 Å². The summed E-state index contributed by atoms with van der Waals surface area (Å²) in [7, 11) is -2.96. The number of hydrogen-bond acceptors (Lipinski definition) is 7. The summed E-state index contributed by atoms with van der Waals surface area (Å²) in [5, 5.41) is 13.2. The predicted molar refractivity (Wildman–Crippen MR) is 138 cm³/mol. The molecule has 13 heteroatoms. The number of halogens is 3. The van der Waals surface area contributed by atoms with Gasteiger partial charge in [0.05, 0.1) is 28.1 Å². The van der Waals surface area contributed by atoms with Crippen molar-refractivity contribution < 1.29 is 27.3 Å². The molecule has 3 heterocycles. The van der Waals surface area contributed by atoms with Gasteiger partial charge >= 0.3 is 12.3 Å². The maximum Gasteiger partial charge on any atom is 0.419 e. The molecule has 0 unspecified atom stereocenters. The van der Waals surface area contributed by atoms with E-state index in [1.165, 1.54) is 36.6 Å². The molecule has 38 heavy (non-hydrogen) atoms. The van der Waals surface area contributed by atoms with E-state index in [9.17, 15) is 27.8 Å². The molecule has 0 spiro atoms. The van der Waals surface area contributed by atoms with Gasteiger partial charge in [-0.25, -0.2) is 14.8 Å². The van der Waals surface area contributed by atoms with Crippen LogP contribution in [0.5, 0.6) is 0 Å². The third kappa shape index (κ3) is 5.63. The minimum absolute atomic E-state index is 0.0242. The molecule has 4 rings (SSSR count). The SMILES string of the molecule is CC(C)(C)OC(=O)N1CC[C@H](Nc2ncc(C(F)(F)F)c(-c3c[nH]c4c(P(C)(C)=O)c(C#N)ccc34)n2)C1. The number of likely N-dealkylation sites (tertiary alicyclic amines) is 1. The third-order valence-corrected chi connectivity index (χ3v) is 7.55. The zero-order valence-corrected chi connectivity index (χ0v) is 22.5. The summed E-state index contributed by atoms with van der Waals surface area (Å²) in [6.45, 7) is 9.00. The zero-order chi connectivity index (χ0) is 28.0. The van der Waals surface area contributed by atoms with Crippen LogP contribution in [0.1, 0.15) is 38.3 Å². The second-order valence-electron chi connectivity index (χ2n) is 10.6. The van der Waals surface area contributed by atoms with Crippen LogP contribution in [0.2, 0.25) is 0 Å². The van der Waals surface area contributed by atoms with E-state index in [1.54, 1.807) is 20.8 Å². The third-order valence-electron chi connectivity index (χ3n) is 6.01. The summed E-state index contributed by atoms with van der Waals surface area (Å²) in [6, 6.07) is 4.69. The van der Waals surface area contributed by atoms with Crippen molar-refractivity contribution in [2.75, 3.05) is 31.7 Å². The van der Waals surface area contributed by atoms with Crippen LogP contribution in [0.15, 0.2) is 24.5 Å². The number of aromatic amines is 1. The minimum Gasteiger partial charge on any atom is -0.444 e. The smallest absolute Gasteiger partial charge is 0.419 e. The Morgan fingerprint density at radius 3 is 2.61 bits per heavy atom. The minimum atomic E-state index is -4.74.